The van der Waals surface area contributed by atoms with Crippen molar-refractivity contribution in [1.82, 2.24) is 4.98 Å². The van der Waals surface area contributed by atoms with Crippen LogP contribution >= 0.6 is 23.1 Å². The van der Waals surface area contributed by atoms with Crippen LogP contribution in [-0.2, 0) is 9.53 Å². The fraction of sp³-hybridized carbons (Fsp3) is 0.0800. The van der Waals surface area contributed by atoms with E-state index in [2.05, 4.69) is 4.98 Å². The molecule has 0 atom stereocenters. The molecule has 3 heterocycles. The average Bonchev–Trinajstić information content (AvgIpc) is 3.54. The minimum absolute atomic E-state index is 0.154. The Morgan fingerprint density at radius 2 is 1.91 bits per heavy atom. The van der Waals surface area contributed by atoms with Gasteiger partial charge in [-0.25, -0.2) is 14.7 Å². The number of nitrogens with zero attached hydrogens (tertiary/aromatic N) is 3. The standard InChI is InChI=1S/C25H15N3O5S2/c1-2-32-24(31)14(13-26)11-16-8-10-21(33-16)35-25-27-19-9-7-15(12-20(19)34-25)28-22(29)17-5-3-4-6-18(17)23(28)30/h3-12H,2H2,1H3/b14-11+. The van der Waals surface area contributed by atoms with Gasteiger partial charge in [-0.05, 0) is 61.2 Å². The zero-order valence-electron chi connectivity index (χ0n) is 18.2. The Labute approximate surface area is 207 Å². The molecule has 0 radical (unpaired) electrons. The topological polar surface area (TPSA) is 113 Å². The third kappa shape index (κ3) is 4.23. The van der Waals surface area contributed by atoms with E-state index in [0.29, 0.717) is 32.0 Å². The number of anilines is 1. The van der Waals surface area contributed by atoms with Crippen LogP contribution in [0.4, 0.5) is 5.69 Å². The summed E-state index contributed by atoms with van der Waals surface area (Å²) >= 11 is 2.67. The van der Waals surface area contributed by atoms with E-state index < -0.39 is 5.97 Å². The second kappa shape index (κ2) is 9.21. The monoisotopic (exact) mass is 501 g/mol. The number of nitriles is 1. The number of benzene rings is 2. The van der Waals surface area contributed by atoms with Crippen molar-refractivity contribution in [2.45, 2.75) is 16.4 Å². The molecule has 0 saturated carbocycles. The van der Waals surface area contributed by atoms with Gasteiger partial charge in [0.2, 0.25) is 0 Å². The van der Waals surface area contributed by atoms with Crippen LogP contribution < -0.4 is 4.90 Å². The number of imide groups is 1. The number of esters is 1. The molecule has 0 unspecified atom stereocenters. The molecule has 0 bridgehead atoms. The van der Waals surface area contributed by atoms with Crippen molar-refractivity contribution in [1.29, 1.82) is 5.26 Å². The smallest absolute Gasteiger partial charge is 0.349 e. The molecule has 35 heavy (non-hydrogen) atoms. The summed E-state index contributed by atoms with van der Waals surface area (Å²) in [5, 5.41) is 9.70. The van der Waals surface area contributed by atoms with Gasteiger partial charge in [0.25, 0.3) is 11.8 Å². The molecular formula is C25H15N3O5S2. The van der Waals surface area contributed by atoms with Crippen LogP contribution in [0.1, 0.15) is 33.4 Å². The number of amides is 2. The molecule has 5 rings (SSSR count). The highest BCUT2D eigenvalue weighted by molar-refractivity contribution is 8.01. The van der Waals surface area contributed by atoms with Crippen LogP contribution in [0.15, 0.2) is 74.0 Å². The molecule has 1 aliphatic heterocycles. The van der Waals surface area contributed by atoms with Crippen LogP contribution in [0.2, 0.25) is 0 Å². The van der Waals surface area contributed by atoms with Crippen molar-refractivity contribution in [3.8, 4) is 6.07 Å². The second-order valence-corrected chi connectivity index (χ2v) is 9.55. The summed E-state index contributed by atoms with van der Waals surface area (Å²) in [5.74, 6) is -1.06. The Morgan fingerprint density at radius 3 is 2.60 bits per heavy atom. The van der Waals surface area contributed by atoms with Crippen molar-refractivity contribution in [2.24, 2.45) is 0 Å². The molecule has 8 nitrogen and oxygen atoms in total. The Morgan fingerprint density at radius 1 is 1.17 bits per heavy atom. The summed E-state index contributed by atoms with van der Waals surface area (Å²) < 4.78 is 12.1. The summed E-state index contributed by atoms with van der Waals surface area (Å²) in [6.45, 7) is 1.83. The summed E-state index contributed by atoms with van der Waals surface area (Å²) in [6.07, 6.45) is 1.33. The first kappa shape index (κ1) is 22.6. The van der Waals surface area contributed by atoms with Gasteiger partial charge in [0, 0.05) is 6.08 Å². The van der Waals surface area contributed by atoms with Crippen molar-refractivity contribution in [3.05, 3.63) is 77.1 Å². The van der Waals surface area contributed by atoms with Gasteiger partial charge in [0.15, 0.2) is 9.43 Å². The Kier molecular flexibility index (Phi) is 5.94. The third-order valence-electron chi connectivity index (χ3n) is 5.10. The lowest BCUT2D eigenvalue weighted by Crippen LogP contribution is -2.29. The maximum Gasteiger partial charge on any atom is 0.349 e. The van der Waals surface area contributed by atoms with Crippen molar-refractivity contribution < 1.29 is 23.5 Å². The van der Waals surface area contributed by atoms with E-state index in [-0.39, 0.29) is 24.0 Å². The predicted octanol–water partition coefficient (Wildman–Crippen LogP) is 5.31. The van der Waals surface area contributed by atoms with Gasteiger partial charge in [0.05, 0.1) is 33.6 Å². The number of hydrogen-bond acceptors (Lipinski definition) is 9. The van der Waals surface area contributed by atoms with Crippen molar-refractivity contribution in [3.63, 3.8) is 0 Å². The van der Waals surface area contributed by atoms with E-state index >= 15 is 0 Å². The Bertz CT molecular complexity index is 1540. The average molecular weight is 502 g/mol. The fourth-order valence-corrected chi connectivity index (χ4v) is 5.54. The Hall–Kier alpha value is -4.20. The summed E-state index contributed by atoms with van der Waals surface area (Å²) in [5.41, 5.74) is 1.83. The maximum atomic E-state index is 12.8. The van der Waals surface area contributed by atoms with Crippen molar-refractivity contribution >= 4 is 62.9 Å². The van der Waals surface area contributed by atoms with E-state index in [9.17, 15) is 19.6 Å². The first-order chi connectivity index (χ1) is 17.0. The lowest BCUT2D eigenvalue weighted by atomic mass is 10.1. The van der Waals surface area contributed by atoms with Gasteiger partial charge in [-0.15, -0.1) is 11.3 Å². The molecule has 0 N–H and O–H groups in total. The van der Waals surface area contributed by atoms with Crippen LogP contribution in [0.25, 0.3) is 16.3 Å². The van der Waals surface area contributed by atoms with E-state index in [1.54, 1.807) is 61.5 Å². The number of rotatable bonds is 6. The van der Waals surface area contributed by atoms with Gasteiger partial charge >= 0.3 is 5.97 Å². The number of thiazole rings is 1. The highest BCUT2D eigenvalue weighted by atomic mass is 32.2. The minimum Gasteiger partial charge on any atom is -0.462 e. The molecule has 0 spiro atoms. The number of furan rings is 1. The maximum absolute atomic E-state index is 12.8. The van der Waals surface area contributed by atoms with Gasteiger partial charge in [-0.1, -0.05) is 12.1 Å². The van der Waals surface area contributed by atoms with Crippen molar-refractivity contribution in [2.75, 3.05) is 11.5 Å². The van der Waals surface area contributed by atoms with Crippen LogP contribution in [0, 0.1) is 11.3 Å². The second-order valence-electron chi connectivity index (χ2n) is 7.27. The minimum atomic E-state index is -0.708. The molecule has 0 saturated heterocycles. The third-order valence-corrected chi connectivity index (χ3v) is 7.10. The van der Waals surface area contributed by atoms with Gasteiger partial charge in [-0.3, -0.25) is 9.59 Å². The van der Waals surface area contributed by atoms with Crippen LogP contribution in [0.5, 0.6) is 0 Å². The zero-order chi connectivity index (χ0) is 24.5. The van der Waals surface area contributed by atoms with E-state index in [0.717, 1.165) is 10.2 Å². The highest BCUT2D eigenvalue weighted by Gasteiger charge is 2.36. The summed E-state index contributed by atoms with van der Waals surface area (Å²) in [7, 11) is 0. The predicted molar refractivity (Wildman–Crippen MR) is 130 cm³/mol. The molecule has 4 aromatic rings. The van der Waals surface area contributed by atoms with Gasteiger partial charge in [-0.2, -0.15) is 5.26 Å². The lowest BCUT2D eigenvalue weighted by molar-refractivity contribution is -0.137. The first-order valence-corrected chi connectivity index (χ1v) is 12.1. The first-order valence-electron chi connectivity index (χ1n) is 10.4. The SMILES string of the molecule is CCOC(=O)/C(C#N)=C/c1ccc(Sc2nc3ccc(N4C(=O)c5ccccc5C4=O)cc3s2)o1. The molecular weight excluding hydrogens is 486 g/mol. The normalized spacial score (nSPS) is 13.3. The Balaban J connectivity index is 1.37. The summed E-state index contributed by atoms with van der Waals surface area (Å²) in [4.78, 5) is 43.1. The number of carbonyl (C=O) groups excluding carboxylic acids is 3. The molecule has 2 aromatic carbocycles. The van der Waals surface area contributed by atoms with E-state index in [1.807, 2.05) is 6.07 Å². The fourth-order valence-electron chi connectivity index (χ4n) is 3.54. The number of hydrogen-bond donors (Lipinski definition) is 0. The number of aromatic nitrogens is 1. The molecule has 0 fully saturated rings. The molecule has 2 aromatic heterocycles. The number of carbonyl (C=O) groups is 3. The van der Waals surface area contributed by atoms with Gasteiger partial charge < -0.3 is 9.15 Å². The molecule has 10 heteroatoms. The van der Waals surface area contributed by atoms with Crippen LogP contribution in [0.3, 0.4) is 0 Å². The van der Waals surface area contributed by atoms with E-state index in [1.165, 1.54) is 34.1 Å². The zero-order valence-corrected chi connectivity index (χ0v) is 19.8. The number of fused-ring (bicyclic) bond motifs is 2. The molecule has 2 amide bonds. The summed E-state index contributed by atoms with van der Waals surface area (Å²) in [6, 6.07) is 17.2. The molecule has 172 valence electrons. The lowest BCUT2D eigenvalue weighted by Gasteiger charge is -2.13. The van der Waals surface area contributed by atoms with Gasteiger partial charge in [0.1, 0.15) is 17.4 Å². The molecule has 0 aliphatic carbocycles. The largest absolute Gasteiger partial charge is 0.462 e. The number of ether oxygens (including phenoxy) is 1. The highest BCUT2D eigenvalue weighted by Crippen LogP contribution is 2.38. The molecule has 1 aliphatic rings. The van der Waals surface area contributed by atoms with E-state index in [4.69, 9.17) is 9.15 Å². The van der Waals surface area contributed by atoms with Crippen LogP contribution in [-0.4, -0.2) is 29.4 Å². The quantitative estimate of drug-likeness (QED) is 0.151.